The topological polar surface area (TPSA) is 105 Å². The summed E-state index contributed by atoms with van der Waals surface area (Å²) in [6, 6.07) is 12.1. The van der Waals surface area contributed by atoms with Gasteiger partial charge in [-0.15, -0.1) is 0 Å². The highest BCUT2D eigenvalue weighted by Gasteiger charge is 2.17. The second kappa shape index (κ2) is 9.13. The summed E-state index contributed by atoms with van der Waals surface area (Å²) in [5.74, 6) is 0.797. The molecule has 0 aromatic carbocycles. The number of hydrogen-bond acceptors (Lipinski definition) is 6. The number of nitrogens with one attached hydrogen (secondary N) is 2. The molecule has 8 heteroatoms. The maximum Gasteiger partial charge on any atom is 0.138 e. The number of fused-ring (bicyclic) bond motifs is 2. The van der Waals surface area contributed by atoms with E-state index in [9.17, 15) is 0 Å². The summed E-state index contributed by atoms with van der Waals surface area (Å²) in [5.41, 5.74) is 8.08. The van der Waals surface area contributed by atoms with Crippen LogP contribution in [0.2, 0.25) is 0 Å². The third-order valence-electron chi connectivity index (χ3n) is 7.06. The summed E-state index contributed by atoms with van der Waals surface area (Å²) in [5, 5.41) is 8.80. The molecule has 1 fully saturated rings. The largest absolute Gasteiger partial charge is 0.489 e. The quantitative estimate of drug-likeness (QED) is 0.294. The van der Waals surface area contributed by atoms with Crippen molar-refractivity contribution in [2.75, 3.05) is 0 Å². The highest BCUT2D eigenvalue weighted by Crippen LogP contribution is 2.34. The first kappa shape index (κ1) is 21.7. The minimum absolute atomic E-state index is 0.273. The number of H-pyrrole nitrogens is 2. The smallest absolute Gasteiger partial charge is 0.138 e. The molecule has 182 valence electrons. The number of hydrogen-bond donors (Lipinski definition) is 2. The first-order valence-electron chi connectivity index (χ1n) is 12.7. The number of nitrogens with zero attached hydrogens (tertiary/aromatic N) is 5. The summed E-state index contributed by atoms with van der Waals surface area (Å²) < 4.78 is 6.24. The first-order valence-corrected chi connectivity index (χ1v) is 12.7. The molecule has 0 amide bonds. The van der Waals surface area contributed by atoms with Gasteiger partial charge in [-0.1, -0.05) is 6.42 Å². The Kier molecular flexibility index (Phi) is 5.35. The van der Waals surface area contributed by atoms with Crippen molar-refractivity contribution in [3.63, 3.8) is 0 Å². The van der Waals surface area contributed by atoms with Crippen LogP contribution in [0.25, 0.3) is 55.7 Å². The molecule has 2 N–H and O–H groups in total. The van der Waals surface area contributed by atoms with Crippen LogP contribution in [0.5, 0.6) is 5.75 Å². The van der Waals surface area contributed by atoms with Gasteiger partial charge in [0.2, 0.25) is 0 Å². The maximum absolute atomic E-state index is 6.24. The molecule has 1 aliphatic carbocycles. The van der Waals surface area contributed by atoms with Gasteiger partial charge in [-0.05, 0) is 67.6 Å². The molecular formula is C29H25N7O. The molecule has 6 aromatic rings. The van der Waals surface area contributed by atoms with Crippen molar-refractivity contribution in [3.05, 3.63) is 73.6 Å². The highest BCUT2D eigenvalue weighted by atomic mass is 16.5. The van der Waals surface area contributed by atoms with E-state index in [1.807, 2.05) is 48.9 Å². The van der Waals surface area contributed by atoms with Crippen LogP contribution in [0.4, 0.5) is 0 Å². The second-order valence-corrected chi connectivity index (χ2v) is 9.52. The van der Waals surface area contributed by atoms with E-state index in [-0.39, 0.29) is 6.10 Å². The normalized spacial score (nSPS) is 14.4. The van der Waals surface area contributed by atoms with E-state index >= 15 is 0 Å². The molecule has 0 radical (unpaired) electrons. The fraction of sp³-hybridized carbons (Fsp3) is 0.207. The van der Waals surface area contributed by atoms with Gasteiger partial charge in [-0.25, -0.2) is 4.98 Å². The summed E-state index contributed by atoms with van der Waals surface area (Å²) in [6.07, 6.45) is 17.2. The van der Waals surface area contributed by atoms with E-state index in [1.165, 1.54) is 19.3 Å². The van der Waals surface area contributed by atoms with Crippen molar-refractivity contribution in [2.45, 2.75) is 38.2 Å². The van der Waals surface area contributed by atoms with Crippen molar-refractivity contribution in [2.24, 2.45) is 0 Å². The Hall–Kier alpha value is -4.59. The Labute approximate surface area is 213 Å². The first-order chi connectivity index (χ1) is 18.3. The Morgan fingerprint density at radius 2 is 1.65 bits per heavy atom. The average Bonchev–Trinajstić information content (AvgIpc) is 3.58. The molecule has 1 saturated carbocycles. The van der Waals surface area contributed by atoms with Gasteiger partial charge in [0.1, 0.15) is 17.0 Å². The number of pyridine rings is 4. The highest BCUT2D eigenvalue weighted by molar-refractivity contribution is 5.99. The third kappa shape index (κ3) is 4.10. The lowest BCUT2D eigenvalue weighted by Crippen LogP contribution is -2.19. The SMILES string of the molecule is c1cc(-c2cncc3[nH]c(-c4n[nH]c5ccc(-c6cncc(OC7CCCCC7)c6)nc45)cc23)ccn1. The molecule has 0 atom stereocenters. The minimum Gasteiger partial charge on any atom is -0.489 e. The van der Waals surface area contributed by atoms with Crippen LogP contribution in [0.3, 0.4) is 0 Å². The molecule has 0 spiro atoms. The third-order valence-corrected chi connectivity index (χ3v) is 7.06. The molecule has 1 aliphatic rings. The average molecular weight is 488 g/mol. The standard InChI is InChI=1S/C29H25N7O/c1-2-4-20(5-3-1)37-21-12-19(14-31-15-21)24-6-7-25-28(34-24)29(36-35-25)26-13-22-23(16-32-17-27(22)33-26)18-8-10-30-11-9-18/h6-17,20,33H,1-5H2,(H,35,36). The lowest BCUT2D eigenvalue weighted by molar-refractivity contribution is 0.154. The van der Waals surface area contributed by atoms with Crippen molar-refractivity contribution in [3.8, 4) is 39.5 Å². The molecule has 0 aliphatic heterocycles. The van der Waals surface area contributed by atoms with Gasteiger partial charge in [-0.3, -0.25) is 20.1 Å². The van der Waals surface area contributed by atoms with Crippen LogP contribution in [-0.4, -0.2) is 41.2 Å². The van der Waals surface area contributed by atoms with Crippen LogP contribution < -0.4 is 4.74 Å². The van der Waals surface area contributed by atoms with E-state index in [1.54, 1.807) is 18.6 Å². The maximum atomic E-state index is 6.24. The van der Waals surface area contributed by atoms with Crippen LogP contribution in [0, 0.1) is 0 Å². The predicted molar refractivity (Wildman–Crippen MR) is 143 cm³/mol. The van der Waals surface area contributed by atoms with Crippen LogP contribution in [0.15, 0.2) is 73.6 Å². The second-order valence-electron chi connectivity index (χ2n) is 9.52. The van der Waals surface area contributed by atoms with Gasteiger partial charge in [0.25, 0.3) is 0 Å². The molecule has 37 heavy (non-hydrogen) atoms. The van der Waals surface area contributed by atoms with Gasteiger partial charge < -0.3 is 9.72 Å². The Morgan fingerprint density at radius 1 is 0.784 bits per heavy atom. The molecule has 6 aromatic heterocycles. The van der Waals surface area contributed by atoms with Crippen molar-refractivity contribution < 1.29 is 4.74 Å². The van der Waals surface area contributed by atoms with E-state index in [0.29, 0.717) is 0 Å². The monoisotopic (exact) mass is 487 g/mol. The van der Waals surface area contributed by atoms with Crippen molar-refractivity contribution >= 4 is 21.9 Å². The Bertz CT molecular complexity index is 1700. The van der Waals surface area contributed by atoms with Crippen LogP contribution in [-0.2, 0) is 0 Å². The van der Waals surface area contributed by atoms with E-state index in [0.717, 1.165) is 74.3 Å². The number of aromatic amines is 2. The van der Waals surface area contributed by atoms with Gasteiger partial charge >= 0.3 is 0 Å². The number of aromatic nitrogens is 7. The molecule has 0 saturated heterocycles. The molecule has 0 bridgehead atoms. The van der Waals surface area contributed by atoms with Crippen LogP contribution >= 0.6 is 0 Å². The van der Waals surface area contributed by atoms with Crippen LogP contribution in [0.1, 0.15) is 32.1 Å². The summed E-state index contributed by atoms with van der Waals surface area (Å²) in [4.78, 5) is 21.5. The summed E-state index contributed by atoms with van der Waals surface area (Å²) >= 11 is 0. The van der Waals surface area contributed by atoms with Crippen molar-refractivity contribution in [1.29, 1.82) is 0 Å². The molecular weight excluding hydrogens is 462 g/mol. The van der Waals surface area contributed by atoms with E-state index in [2.05, 4.69) is 36.2 Å². The molecule has 7 rings (SSSR count). The number of rotatable bonds is 5. The van der Waals surface area contributed by atoms with Gasteiger partial charge in [0.15, 0.2) is 0 Å². The zero-order valence-electron chi connectivity index (χ0n) is 20.2. The fourth-order valence-corrected chi connectivity index (χ4v) is 5.19. The van der Waals surface area contributed by atoms with Crippen molar-refractivity contribution in [1.82, 2.24) is 35.1 Å². The number of ether oxygens (including phenoxy) is 1. The molecule has 8 nitrogen and oxygen atoms in total. The van der Waals surface area contributed by atoms with E-state index in [4.69, 9.17) is 9.72 Å². The van der Waals surface area contributed by atoms with E-state index < -0.39 is 0 Å². The zero-order valence-corrected chi connectivity index (χ0v) is 20.2. The van der Waals surface area contributed by atoms with Gasteiger partial charge in [0, 0.05) is 41.3 Å². The lowest BCUT2D eigenvalue weighted by atomic mass is 9.98. The molecule has 6 heterocycles. The summed E-state index contributed by atoms with van der Waals surface area (Å²) in [6.45, 7) is 0. The predicted octanol–water partition coefficient (Wildman–Crippen LogP) is 6.34. The Balaban J connectivity index is 1.26. The lowest BCUT2D eigenvalue weighted by Gasteiger charge is -2.22. The molecule has 0 unspecified atom stereocenters. The fourth-order valence-electron chi connectivity index (χ4n) is 5.19. The Morgan fingerprint density at radius 3 is 2.54 bits per heavy atom. The minimum atomic E-state index is 0.273. The van der Waals surface area contributed by atoms with Gasteiger partial charge in [-0.2, -0.15) is 5.10 Å². The summed E-state index contributed by atoms with van der Waals surface area (Å²) in [7, 11) is 0. The van der Waals surface area contributed by atoms with Gasteiger partial charge in [0.05, 0.1) is 40.9 Å². The zero-order chi connectivity index (χ0) is 24.6.